The predicted octanol–water partition coefficient (Wildman–Crippen LogP) is 4.73. The standard InChI is InChI=1S/C18H20INO/c1-2-3-13-20(14-15-9-5-4-6-10-15)18(21)16-11-7-8-12-17(16)19/h4-12H,2-3,13-14H2,1H3. The lowest BCUT2D eigenvalue weighted by molar-refractivity contribution is 0.0739. The first kappa shape index (κ1) is 16.0. The fourth-order valence-electron chi connectivity index (χ4n) is 2.21. The van der Waals surface area contributed by atoms with Crippen LogP contribution in [-0.4, -0.2) is 17.4 Å². The maximum Gasteiger partial charge on any atom is 0.255 e. The normalized spacial score (nSPS) is 10.4. The van der Waals surface area contributed by atoms with E-state index in [1.807, 2.05) is 47.4 Å². The number of hydrogen-bond acceptors (Lipinski definition) is 1. The maximum absolute atomic E-state index is 12.8. The van der Waals surface area contributed by atoms with E-state index < -0.39 is 0 Å². The van der Waals surface area contributed by atoms with E-state index in [1.165, 1.54) is 5.56 Å². The van der Waals surface area contributed by atoms with Gasteiger partial charge in [-0.3, -0.25) is 4.79 Å². The van der Waals surface area contributed by atoms with Crippen molar-refractivity contribution in [3.05, 3.63) is 69.3 Å². The van der Waals surface area contributed by atoms with Gasteiger partial charge in [-0.15, -0.1) is 0 Å². The van der Waals surface area contributed by atoms with Crippen LogP contribution in [0.5, 0.6) is 0 Å². The van der Waals surface area contributed by atoms with E-state index in [0.717, 1.165) is 28.5 Å². The average molecular weight is 393 g/mol. The Morgan fingerprint density at radius 2 is 1.71 bits per heavy atom. The lowest BCUT2D eigenvalue weighted by Crippen LogP contribution is -2.32. The van der Waals surface area contributed by atoms with Gasteiger partial charge in [0.1, 0.15) is 0 Å². The zero-order valence-electron chi connectivity index (χ0n) is 12.3. The number of rotatable bonds is 6. The van der Waals surface area contributed by atoms with Crippen molar-refractivity contribution in [1.82, 2.24) is 4.90 Å². The number of halogens is 1. The summed E-state index contributed by atoms with van der Waals surface area (Å²) in [6.45, 7) is 3.62. The number of carbonyl (C=O) groups is 1. The van der Waals surface area contributed by atoms with Crippen LogP contribution < -0.4 is 0 Å². The highest BCUT2D eigenvalue weighted by Gasteiger charge is 2.17. The summed E-state index contributed by atoms with van der Waals surface area (Å²) in [5.74, 6) is 0.123. The topological polar surface area (TPSA) is 20.3 Å². The molecule has 0 aliphatic carbocycles. The Bertz CT molecular complexity index is 583. The molecule has 0 aliphatic heterocycles. The molecule has 0 saturated carbocycles. The fraction of sp³-hybridized carbons (Fsp3) is 0.278. The van der Waals surface area contributed by atoms with Crippen LogP contribution >= 0.6 is 22.6 Å². The molecule has 0 fully saturated rings. The summed E-state index contributed by atoms with van der Waals surface area (Å²) in [6, 6.07) is 18.0. The lowest BCUT2D eigenvalue weighted by atomic mass is 10.1. The summed E-state index contributed by atoms with van der Waals surface area (Å²) >= 11 is 2.23. The molecule has 0 spiro atoms. The second kappa shape index (κ2) is 8.17. The number of carbonyl (C=O) groups excluding carboxylic acids is 1. The first-order valence-electron chi connectivity index (χ1n) is 7.30. The van der Waals surface area contributed by atoms with Gasteiger partial charge in [0.15, 0.2) is 0 Å². The van der Waals surface area contributed by atoms with Gasteiger partial charge in [0.2, 0.25) is 0 Å². The van der Waals surface area contributed by atoms with Gasteiger partial charge in [-0.1, -0.05) is 55.8 Å². The molecule has 110 valence electrons. The third-order valence-electron chi connectivity index (χ3n) is 3.39. The van der Waals surface area contributed by atoms with Gasteiger partial charge in [0.05, 0.1) is 5.56 Å². The predicted molar refractivity (Wildman–Crippen MR) is 95.2 cm³/mol. The molecule has 0 N–H and O–H groups in total. The molecule has 0 atom stereocenters. The van der Waals surface area contributed by atoms with E-state index in [-0.39, 0.29) is 5.91 Å². The Kier molecular flexibility index (Phi) is 6.23. The van der Waals surface area contributed by atoms with Crippen LogP contribution in [-0.2, 0) is 6.54 Å². The molecular formula is C18H20INO. The highest BCUT2D eigenvalue weighted by molar-refractivity contribution is 14.1. The van der Waals surface area contributed by atoms with E-state index >= 15 is 0 Å². The molecule has 21 heavy (non-hydrogen) atoms. The van der Waals surface area contributed by atoms with Crippen molar-refractivity contribution in [2.45, 2.75) is 26.3 Å². The number of hydrogen-bond donors (Lipinski definition) is 0. The fourth-order valence-corrected chi connectivity index (χ4v) is 2.83. The van der Waals surface area contributed by atoms with Crippen LogP contribution in [0.4, 0.5) is 0 Å². The molecular weight excluding hydrogens is 373 g/mol. The van der Waals surface area contributed by atoms with Crippen LogP contribution in [0.2, 0.25) is 0 Å². The van der Waals surface area contributed by atoms with Gasteiger partial charge < -0.3 is 4.90 Å². The summed E-state index contributed by atoms with van der Waals surface area (Å²) in [5, 5.41) is 0. The van der Waals surface area contributed by atoms with Crippen molar-refractivity contribution < 1.29 is 4.79 Å². The van der Waals surface area contributed by atoms with Crippen molar-refractivity contribution in [2.75, 3.05) is 6.54 Å². The molecule has 0 aromatic heterocycles. The van der Waals surface area contributed by atoms with Crippen molar-refractivity contribution in [2.24, 2.45) is 0 Å². The molecule has 1 amide bonds. The summed E-state index contributed by atoms with van der Waals surface area (Å²) < 4.78 is 1.01. The lowest BCUT2D eigenvalue weighted by Gasteiger charge is -2.23. The Morgan fingerprint density at radius 3 is 2.38 bits per heavy atom. The quantitative estimate of drug-likeness (QED) is 0.650. The van der Waals surface area contributed by atoms with E-state index in [1.54, 1.807) is 0 Å². The second-order valence-electron chi connectivity index (χ2n) is 5.05. The summed E-state index contributed by atoms with van der Waals surface area (Å²) in [7, 11) is 0. The zero-order chi connectivity index (χ0) is 15.1. The van der Waals surface area contributed by atoms with Crippen LogP contribution in [0.15, 0.2) is 54.6 Å². The third-order valence-corrected chi connectivity index (χ3v) is 4.33. The van der Waals surface area contributed by atoms with Crippen LogP contribution in [0.3, 0.4) is 0 Å². The van der Waals surface area contributed by atoms with E-state index in [4.69, 9.17) is 0 Å². The van der Waals surface area contributed by atoms with Gasteiger partial charge in [-0.25, -0.2) is 0 Å². The van der Waals surface area contributed by atoms with Gasteiger partial charge in [0.25, 0.3) is 5.91 Å². The molecule has 2 aromatic rings. The molecule has 2 rings (SSSR count). The third kappa shape index (κ3) is 4.56. The van der Waals surface area contributed by atoms with E-state index in [2.05, 4.69) is 41.6 Å². The van der Waals surface area contributed by atoms with Gasteiger partial charge in [-0.2, -0.15) is 0 Å². The molecule has 2 aromatic carbocycles. The first-order valence-corrected chi connectivity index (χ1v) is 8.38. The number of amides is 1. The Hall–Kier alpha value is -1.36. The number of nitrogens with zero attached hydrogens (tertiary/aromatic N) is 1. The average Bonchev–Trinajstić information content (AvgIpc) is 2.52. The van der Waals surface area contributed by atoms with E-state index in [0.29, 0.717) is 6.54 Å². The Balaban J connectivity index is 2.19. The van der Waals surface area contributed by atoms with Crippen molar-refractivity contribution in [1.29, 1.82) is 0 Å². The first-order chi connectivity index (χ1) is 10.2. The van der Waals surface area contributed by atoms with Crippen molar-refractivity contribution in [3.63, 3.8) is 0 Å². The number of benzene rings is 2. The minimum atomic E-state index is 0.123. The van der Waals surface area contributed by atoms with Gasteiger partial charge in [-0.05, 0) is 46.7 Å². The summed E-state index contributed by atoms with van der Waals surface area (Å²) in [4.78, 5) is 14.8. The molecule has 0 heterocycles. The van der Waals surface area contributed by atoms with Gasteiger partial charge in [0, 0.05) is 16.7 Å². The zero-order valence-corrected chi connectivity index (χ0v) is 14.4. The Morgan fingerprint density at radius 1 is 1.05 bits per heavy atom. The van der Waals surface area contributed by atoms with Gasteiger partial charge >= 0.3 is 0 Å². The Labute approximate surface area is 140 Å². The monoisotopic (exact) mass is 393 g/mol. The molecule has 0 radical (unpaired) electrons. The van der Waals surface area contributed by atoms with Crippen molar-refractivity contribution >= 4 is 28.5 Å². The summed E-state index contributed by atoms with van der Waals surface area (Å²) in [5.41, 5.74) is 1.97. The summed E-state index contributed by atoms with van der Waals surface area (Å²) in [6.07, 6.45) is 2.12. The molecule has 2 nitrogen and oxygen atoms in total. The second-order valence-corrected chi connectivity index (χ2v) is 6.21. The van der Waals surface area contributed by atoms with Crippen molar-refractivity contribution in [3.8, 4) is 0 Å². The van der Waals surface area contributed by atoms with Crippen LogP contribution in [0, 0.1) is 3.57 Å². The minimum Gasteiger partial charge on any atom is -0.334 e. The molecule has 0 saturated heterocycles. The minimum absolute atomic E-state index is 0.123. The van der Waals surface area contributed by atoms with E-state index in [9.17, 15) is 4.79 Å². The highest BCUT2D eigenvalue weighted by atomic mass is 127. The molecule has 3 heteroatoms. The maximum atomic E-state index is 12.8. The largest absolute Gasteiger partial charge is 0.334 e. The van der Waals surface area contributed by atoms with Crippen LogP contribution in [0.25, 0.3) is 0 Å². The SMILES string of the molecule is CCCCN(Cc1ccccc1)C(=O)c1ccccc1I. The molecule has 0 aliphatic rings. The van der Waals surface area contributed by atoms with Crippen LogP contribution in [0.1, 0.15) is 35.7 Å². The smallest absolute Gasteiger partial charge is 0.255 e. The molecule has 0 bridgehead atoms. The highest BCUT2D eigenvalue weighted by Crippen LogP contribution is 2.16. The number of unbranched alkanes of at least 4 members (excludes halogenated alkanes) is 1. The molecule has 0 unspecified atom stereocenters.